The smallest absolute Gasteiger partial charge is 0.311 e. The minimum Gasteiger partial charge on any atom is -0.496 e. The fraction of sp³-hybridized carbons (Fsp3) is 0.600. The van der Waals surface area contributed by atoms with Crippen molar-refractivity contribution in [2.45, 2.75) is 40.5 Å². The quantitative estimate of drug-likeness (QED) is 0.858. The van der Waals surface area contributed by atoms with Gasteiger partial charge >= 0.3 is 5.97 Å². The van der Waals surface area contributed by atoms with Crippen LogP contribution in [0.15, 0.2) is 24.3 Å². The Morgan fingerprint density at radius 1 is 1.32 bits per heavy atom. The predicted molar refractivity (Wildman–Crippen MR) is 96.6 cm³/mol. The van der Waals surface area contributed by atoms with Gasteiger partial charge in [-0.15, -0.1) is 0 Å². The zero-order valence-electron chi connectivity index (χ0n) is 15.8. The van der Waals surface area contributed by atoms with Gasteiger partial charge in [0.25, 0.3) is 0 Å². The van der Waals surface area contributed by atoms with E-state index in [2.05, 4.69) is 0 Å². The van der Waals surface area contributed by atoms with Gasteiger partial charge in [-0.25, -0.2) is 0 Å². The lowest BCUT2D eigenvalue weighted by Gasteiger charge is -2.32. The summed E-state index contributed by atoms with van der Waals surface area (Å²) in [5.74, 6) is -0.0468. The summed E-state index contributed by atoms with van der Waals surface area (Å²) in [6.45, 7) is 8.45. The van der Waals surface area contributed by atoms with Crippen LogP contribution in [-0.4, -0.2) is 42.1 Å². The molecular weight excluding hydrogens is 318 g/mol. The molecule has 0 aliphatic carbocycles. The molecule has 1 heterocycles. The van der Waals surface area contributed by atoms with Gasteiger partial charge in [0.15, 0.2) is 0 Å². The van der Waals surface area contributed by atoms with Gasteiger partial charge < -0.3 is 14.7 Å². The number of para-hydroxylation sites is 1. The third-order valence-electron chi connectivity index (χ3n) is 5.52. The van der Waals surface area contributed by atoms with E-state index < -0.39 is 16.8 Å². The van der Waals surface area contributed by atoms with Crippen molar-refractivity contribution < 1.29 is 19.4 Å². The maximum absolute atomic E-state index is 13.1. The number of benzene rings is 1. The number of aliphatic carboxylic acids is 1. The molecule has 1 unspecified atom stereocenters. The minimum absolute atomic E-state index is 0.00202. The number of ether oxygens (including phenoxy) is 1. The number of carbonyl (C=O) groups excluding carboxylic acids is 1. The maximum Gasteiger partial charge on any atom is 0.311 e. The molecule has 1 aliphatic heterocycles. The summed E-state index contributed by atoms with van der Waals surface area (Å²) in [7, 11) is 1.62. The monoisotopic (exact) mass is 347 g/mol. The standard InChI is InChI=1S/C20H29NO4/c1-14(2)20(18(23)24)10-11-21(13-20)17(22)19(3,4)12-15-8-6-7-9-16(15)25-5/h6-9,14H,10-13H2,1-5H3,(H,23,24). The van der Waals surface area contributed by atoms with Crippen molar-refractivity contribution in [3.8, 4) is 5.75 Å². The number of carboxylic acids is 1. The van der Waals surface area contributed by atoms with Crippen molar-refractivity contribution in [1.82, 2.24) is 4.90 Å². The van der Waals surface area contributed by atoms with Crippen LogP contribution in [0.4, 0.5) is 0 Å². The normalized spacial score (nSPS) is 20.8. The molecule has 0 radical (unpaired) electrons. The van der Waals surface area contributed by atoms with Gasteiger partial charge in [-0.3, -0.25) is 9.59 Å². The van der Waals surface area contributed by atoms with Gasteiger partial charge in [-0.1, -0.05) is 45.9 Å². The first-order valence-corrected chi connectivity index (χ1v) is 8.79. The molecule has 1 aliphatic rings. The van der Waals surface area contributed by atoms with Crippen molar-refractivity contribution in [2.24, 2.45) is 16.7 Å². The highest BCUT2D eigenvalue weighted by Gasteiger charge is 2.50. The summed E-state index contributed by atoms with van der Waals surface area (Å²) in [5, 5.41) is 9.69. The predicted octanol–water partition coefficient (Wildman–Crippen LogP) is 3.22. The Morgan fingerprint density at radius 3 is 2.48 bits per heavy atom. The fourth-order valence-corrected chi connectivity index (χ4v) is 3.73. The molecule has 1 atom stereocenters. The van der Waals surface area contributed by atoms with Gasteiger partial charge in [-0.05, 0) is 30.4 Å². The van der Waals surface area contributed by atoms with Crippen LogP contribution in [0, 0.1) is 16.7 Å². The van der Waals surface area contributed by atoms with Gasteiger partial charge in [0.1, 0.15) is 5.75 Å². The average Bonchev–Trinajstić information content (AvgIpc) is 3.01. The van der Waals surface area contributed by atoms with E-state index in [1.54, 1.807) is 12.0 Å². The second-order valence-corrected chi connectivity index (χ2v) is 7.97. The number of nitrogens with zero attached hydrogens (tertiary/aromatic N) is 1. The first-order valence-electron chi connectivity index (χ1n) is 8.79. The minimum atomic E-state index is -0.837. The summed E-state index contributed by atoms with van der Waals surface area (Å²) in [6.07, 6.45) is 1.06. The van der Waals surface area contributed by atoms with Crippen LogP contribution in [0.5, 0.6) is 5.75 Å². The van der Waals surface area contributed by atoms with Crippen LogP contribution in [0.3, 0.4) is 0 Å². The van der Waals surface area contributed by atoms with E-state index in [4.69, 9.17) is 4.74 Å². The largest absolute Gasteiger partial charge is 0.496 e. The number of amides is 1. The summed E-state index contributed by atoms with van der Waals surface area (Å²) < 4.78 is 5.39. The number of hydrogen-bond donors (Lipinski definition) is 1. The van der Waals surface area contributed by atoms with Gasteiger partial charge in [0.2, 0.25) is 5.91 Å². The fourth-order valence-electron chi connectivity index (χ4n) is 3.73. The molecule has 1 aromatic carbocycles. The Bertz CT molecular complexity index is 653. The molecule has 1 aromatic rings. The molecule has 2 rings (SSSR count). The first-order chi connectivity index (χ1) is 11.6. The van der Waals surface area contributed by atoms with Crippen LogP contribution in [0.2, 0.25) is 0 Å². The van der Waals surface area contributed by atoms with E-state index in [-0.39, 0.29) is 18.4 Å². The molecule has 1 fully saturated rings. The lowest BCUT2D eigenvalue weighted by Crippen LogP contribution is -2.45. The molecule has 138 valence electrons. The third-order valence-corrected chi connectivity index (χ3v) is 5.52. The van der Waals surface area contributed by atoms with Gasteiger partial charge in [0, 0.05) is 18.5 Å². The highest BCUT2D eigenvalue weighted by molar-refractivity contribution is 5.84. The van der Waals surface area contributed by atoms with Crippen molar-refractivity contribution in [3.05, 3.63) is 29.8 Å². The number of likely N-dealkylation sites (tertiary alicyclic amines) is 1. The third kappa shape index (κ3) is 3.65. The molecule has 0 spiro atoms. The zero-order chi connectivity index (χ0) is 18.8. The highest BCUT2D eigenvalue weighted by Crippen LogP contribution is 2.40. The molecule has 0 bridgehead atoms. The Labute approximate surface area is 150 Å². The van der Waals surface area contributed by atoms with E-state index >= 15 is 0 Å². The SMILES string of the molecule is COc1ccccc1CC(C)(C)C(=O)N1CCC(C(=O)O)(C(C)C)C1. The van der Waals surface area contributed by atoms with Crippen LogP contribution < -0.4 is 4.74 Å². The molecule has 1 N–H and O–H groups in total. The number of hydrogen-bond acceptors (Lipinski definition) is 3. The number of methoxy groups -OCH3 is 1. The summed E-state index contributed by atoms with van der Waals surface area (Å²) in [6, 6.07) is 7.69. The molecule has 5 nitrogen and oxygen atoms in total. The molecule has 1 saturated heterocycles. The van der Waals surface area contributed by atoms with Crippen molar-refractivity contribution in [3.63, 3.8) is 0 Å². The van der Waals surface area contributed by atoms with Gasteiger partial charge in [-0.2, -0.15) is 0 Å². The summed E-state index contributed by atoms with van der Waals surface area (Å²) in [5.41, 5.74) is -0.480. The second-order valence-electron chi connectivity index (χ2n) is 7.97. The molecule has 0 saturated carbocycles. The Balaban J connectivity index is 2.18. The van der Waals surface area contributed by atoms with Crippen LogP contribution in [-0.2, 0) is 16.0 Å². The number of rotatable bonds is 6. The Morgan fingerprint density at radius 2 is 1.96 bits per heavy atom. The summed E-state index contributed by atoms with van der Waals surface area (Å²) in [4.78, 5) is 26.6. The number of carboxylic acid groups (broad SMARTS) is 1. The Kier molecular flexibility index (Phi) is 5.45. The molecule has 0 aromatic heterocycles. The van der Waals surface area contributed by atoms with Crippen LogP contribution in [0.1, 0.15) is 39.7 Å². The van der Waals surface area contributed by atoms with Gasteiger partial charge in [0.05, 0.1) is 12.5 Å². The van der Waals surface area contributed by atoms with Crippen LogP contribution in [0.25, 0.3) is 0 Å². The molecular formula is C20H29NO4. The van der Waals surface area contributed by atoms with E-state index in [0.717, 1.165) is 11.3 Å². The van der Waals surface area contributed by atoms with E-state index in [0.29, 0.717) is 19.4 Å². The van der Waals surface area contributed by atoms with Crippen molar-refractivity contribution >= 4 is 11.9 Å². The average molecular weight is 347 g/mol. The lowest BCUT2D eigenvalue weighted by molar-refractivity contribution is -0.151. The lowest BCUT2D eigenvalue weighted by atomic mass is 9.76. The molecule has 25 heavy (non-hydrogen) atoms. The van der Waals surface area contributed by atoms with E-state index in [1.807, 2.05) is 52.0 Å². The Hall–Kier alpha value is -2.04. The first kappa shape index (κ1) is 19.3. The summed E-state index contributed by atoms with van der Waals surface area (Å²) >= 11 is 0. The van der Waals surface area contributed by atoms with Crippen LogP contribution >= 0.6 is 0 Å². The van der Waals surface area contributed by atoms with Crippen molar-refractivity contribution in [1.29, 1.82) is 0 Å². The topological polar surface area (TPSA) is 66.8 Å². The zero-order valence-corrected chi connectivity index (χ0v) is 15.8. The number of carbonyl (C=O) groups is 2. The molecule has 1 amide bonds. The highest BCUT2D eigenvalue weighted by atomic mass is 16.5. The van der Waals surface area contributed by atoms with E-state index in [9.17, 15) is 14.7 Å². The van der Waals surface area contributed by atoms with Crippen molar-refractivity contribution in [2.75, 3.05) is 20.2 Å². The van der Waals surface area contributed by atoms with E-state index in [1.165, 1.54) is 0 Å². The molecule has 5 heteroatoms. The second kappa shape index (κ2) is 7.06. The maximum atomic E-state index is 13.1.